The van der Waals surface area contributed by atoms with Crippen LogP contribution in [-0.2, 0) is 10.0 Å². The first kappa shape index (κ1) is 25.6. The van der Waals surface area contributed by atoms with Crippen molar-refractivity contribution in [2.24, 2.45) is 11.8 Å². The number of carbonyl (C=O) groups excluding carboxylic acids is 1. The van der Waals surface area contributed by atoms with Gasteiger partial charge >= 0.3 is 0 Å². The fraction of sp³-hybridized carbons (Fsp3) is 0.458. The molecule has 10 heteroatoms. The van der Waals surface area contributed by atoms with E-state index in [1.54, 1.807) is 12.1 Å². The van der Waals surface area contributed by atoms with Gasteiger partial charge in [-0.05, 0) is 62.4 Å². The minimum atomic E-state index is -4.01. The molecular weight excluding hydrogens is 456 g/mol. The van der Waals surface area contributed by atoms with E-state index in [9.17, 15) is 23.3 Å². The van der Waals surface area contributed by atoms with Crippen LogP contribution in [0.4, 0.5) is 11.4 Å². The third-order valence-electron chi connectivity index (χ3n) is 6.14. The lowest BCUT2D eigenvalue weighted by atomic mass is 9.88. The van der Waals surface area contributed by atoms with Gasteiger partial charge in [-0.25, -0.2) is 8.42 Å². The van der Waals surface area contributed by atoms with Gasteiger partial charge in [0.1, 0.15) is 0 Å². The van der Waals surface area contributed by atoms with Gasteiger partial charge in [0.25, 0.3) is 21.6 Å². The van der Waals surface area contributed by atoms with Crippen molar-refractivity contribution < 1.29 is 18.1 Å². The fourth-order valence-electron chi connectivity index (χ4n) is 4.34. The molecule has 1 heterocycles. The molecule has 0 aliphatic carbocycles. The zero-order valence-corrected chi connectivity index (χ0v) is 20.8. The maximum atomic E-state index is 12.7. The second-order valence-electron chi connectivity index (χ2n) is 9.78. The van der Waals surface area contributed by atoms with Gasteiger partial charge < -0.3 is 5.32 Å². The van der Waals surface area contributed by atoms with E-state index in [0.29, 0.717) is 23.9 Å². The van der Waals surface area contributed by atoms with E-state index in [4.69, 9.17) is 0 Å². The Balaban J connectivity index is 1.62. The number of anilines is 1. The predicted octanol–water partition coefficient (Wildman–Crippen LogP) is 3.88. The number of piperidine rings is 1. The lowest BCUT2D eigenvalue weighted by Gasteiger charge is -2.45. The Morgan fingerprint density at radius 1 is 1.12 bits per heavy atom. The molecule has 0 bridgehead atoms. The quantitative estimate of drug-likeness (QED) is 0.430. The summed E-state index contributed by atoms with van der Waals surface area (Å²) in [6.07, 6.45) is 1.22. The molecule has 9 nitrogen and oxygen atoms in total. The molecule has 34 heavy (non-hydrogen) atoms. The summed E-state index contributed by atoms with van der Waals surface area (Å²) in [5.41, 5.74) is 0.160. The van der Waals surface area contributed by atoms with Crippen molar-refractivity contribution in [1.82, 2.24) is 10.2 Å². The van der Waals surface area contributed by atoms with E-state index in [0.717, 1.165) is 19.2 Å². The molecule has 1 aliphatic heterocycles. The van der Waals surface area contributed by atoms with Gasteiger partial charge in [0, 0.05) is 48.6 Å². The number of nitro groups is 1. The normalized spacial score (nSPS) is 19.4. The van der Waals surface area contributed by atoms with Gasteiger partial charge in [-0.15, -0.1) is 0 Å². The Hall–Kier alpha value is -2.98. The average molecular weight is 489 g/mol. The van der Waals surface area contributed by atoms with Crippen LogP contribution in [0.15, 0.2) is 53.4 Å². The number of nitro benzene ring substituents is 1. The van der Waals surface area contributed by atoms with Gasteiger partial charge in [0.2, 0.25) is 0 Å². The molecule has 0 radical (unpaired) electrons. The largest absolute Gasteiger partial charge is 0.350 e. The Morgan fingerprint density at radius 3 is 2.32 bits per heavy atom. The highest BCUT2D eigenvalue weighted by molar-refractivity contribution is 7.92. The number of carbonyl (C=O) groups is 1. The zero-order chi connectivity index (χ0) is 25.1. The Kier molecular flexibility index (Phi) is 7.62. The third-order valence-corrected chi connectivity index (χ3v) is 7.52. The van der Waals surface area contributed by atoms with Crippen LogP contribution in [0.3, 0.4) is 0 Å². The SMILES string of the molecule is CC1CC(C)CN(C(C)(C)CNC(=O)c2ccc(NS(=O)(=O)c3cccc([N+](=O)[O-])c3)cc2)C1. The van der Waals surface area contributed by atoms with Crippen molar-refractivity contribution in [1.29, 1.82) is 0 Å². The number of hydrogen-bond donors (Lipinski definition) is 2. The van der Waals surface area contributed by atoms with E-state index < -0.39 is 14.9 Å². The lowest BCUT2D eigenvalue weighted by Crippen LogP contribution is -2.56. The molecule has 2 aromatic rings. The number of sulfonamides is 1. The van der Waals surface area contributed by atoms with E-state index >= 15 is 0 Å². The summed E-state index contributed by atoms with van der Waals surface area (Å²) in [7, 11) is -4.01. The van der Waals surface area contributed by atoms with Crippen molar-refractivity contribution in [3.63, 3.8) is 0 Å². The second kappa shape index (κ2) is 10.1. The summed E-state index contributed by atoms with van der Waals surface area (Å²) in [5.74, 6) is 1.01. The number of amides is 1. The molecule has 2 N–H and O–H groups in total. The molecule has 3 rings (SSSR count). The Morgan fingerprint density at radius 2 is 1.74 bits per heavy atom. The first-order valence-corrected chi connectivity index (χ1v) is 12.8. The van der Waals surface area contributed by atoms with Crippen molar-refractivity contribution in [3.8, 4) is 0 Å². The number of nitrogens with one attached hydrogen (secondary N) is 2. The van der Waals surface area contributed by atoms with Crippen LogP contribution in [0, 0.1) is 22.0 Å². The van der Waals surface area contributed by atoms with Crippen LogP contribution in [-0.4, -0.2) is 49.3 Å². The van der Waals surface area contributed by atoms with Crippen LogP contribution in [0.25, 0.3) is 0 Å². The molecular formula is C24H32N4O5S. The van der Waals surface area contributed by atoms with Gasteiger partial charge in [-0.3, -0.25) is 24.5 Å². The van der Waals surface area contributed by atoms with Crippen LogP contribution in [0.5, 0.6) is 0 Å². The molecule has 1 fully saturated rings. The van der Waals surface area contributed by atoms with Gasteiger partial charge in [0.05, 0.1) is 9.82 Å². The second-order valence-corrected chi connectivity index (χ2v) is 11.5. The number of rotatable bonds is 8. The summed E-state index contributed by atoms with van der Waals surface area (Å²) in [5, 5.41) is 13.9. The summed E-state index contributed by atoms with van der Waals surface area (Å²) >= 11 is 0. The molecule has 0 saturated carbocycles. The molecule has 2 aromatic carbocycles. The maximum absolute atomic E-state index is 12.7. The summed E-state index contributed by atoms with van der Waals surface area (Å²) < 4.78 is 27.6. The number of non-ortho nitro benzene ring substituents is 1. The third kappa shape index (κ3) is 6.32. The highest BCUT2D eigenvalue weighted by Crippen LogP contribution is 2.27. The molecule has 1 saturated heterocycles. The number of benzene rings is 2. The Labute approximate surface area is 200 Å². The van der Waals surface area contributed by atoms with Crippen molar-refractivity contribution in [3.05, 3.63) is 64.2 Å². The fourth-order valence-corrected chi connectivity index (χ4v) is 5.43. The van der Waals surface area contributed by atoms with E-state index in [2.05, 4.69) is 42.6 Å². The number of likely N-dealkylation sites (tertiary alicyclic amines) is 1. The van der Waals surface area contributed by atoms with Gasteiger partial charge in [0.15, 0.2) is 0 Å². The highest BCUT2D eigenvalue weighted by Gasteiger charge is 2.33. The minimum absolute atomic E-state index is 0.188. The van der Waals surface area contributed by atoms with Crippen LogP contribution < -0.4 is 10.0 Å². The first-order chi connectivity index (χ1) is 15.9. The van der Waals surface area contributed by atoms with Gasteiger partial charge in [-0.2, -0.15) is 0 Å². The molecule has 1 amide bonds. The average Bonchev–Trinajstić information content (AvgIpc) is 2.77. The zero-order valence-electron chi connectivity index (χ0n) is 19.9. The van der Waals surface area contributed by atoms with Gasteiger partial charge in [-0.1, -0.05) is 19.9 Å². The van der Waals surface area contributed by atoms with Crippen LogP contribution in [0.1, 0.15) is 44.5 Å². The van der Waals surface area contributed by atoms with Crippen molar-refractivity contribution in [2.45, 2.75) is 44.6 Å². The predicted molar refractivity (Wildman–Crippen MR) is 131 cm³/mol. The van der Waals surface area contributed by atoms with Crippen molar-refractivity contribution in [2.75, 3.05) is 24.4 Å². The molecule has 0 spiro atoms. The first-order valence-electron chi connectivity index (χ1n) is 11.3. The smallest absolute Gasteiger partial charge is 0.270 e. The molecule has 2 unspecified atom stereocenters. The summed E-state index contributed by atoms with van der Waals surface area (Å²) in [6.45, 7) is 11.3. The Bertz CT molecular complexity index is 1140. The summed E-state index contributed by atoms with van der Waals surface area (Å²) in [6, 6.07) is 10.9. The van der Waals surface area contributed by atoms with E-state index in [1.807, 2.05) is 0 Å². The van der Waals surface area contributed by atoms with E-state index in [-0.39, 0.29) is 27.7 Å². The number of nitrogens with zero attached hydrogens (tertiary/aromatic N) is 2. The molecule has 1 aliphatic rings. The number of hydrogen-bond acceptors (Lipinski definition) is 6. The standard InChI is InChI=1S/C24H32N4O5S/c1-17-12-18(2)15-27(14-17)24(3,4)16-25-23(29)19-8-10-20(11-9-19)26-34(32,33)22-7-5-6-21(13-22)28(30)31/h5-11,13,17-18,26H,12,14-16H2,1-4H3,(H,25,29). The van der Waals surface area contributed by atoms with Crippen molar-refractivity contribution >= 4 is 27.3 Å². The maximum Gasteiger partial charge on any atom is 0.270 e. The van der Waals surface area contributed by atoms with Crippen LogP contribution in [0.2, 0.25) is 0 Å². The molecule has 184 valence electrons. The minimum Gasteiger partial charge on any atom is -0.350 e. The van der Waals surface area contributed by atoms with Crippen LogP contribution >= 0.6 is 0 Å². The highest BCUT2D eigenvalue weighted by atomic mass is 32.2. The topological polar surface area (TPSA) is 122 Å². The van der Waals surface area contributed by atoms with E-state index in [1.165, 1.54) is 36.8 Å². The monoisotopic (exact) mass is 488 g/mol. The summed E-state index contributed by atoms with van der Waals surface area (Å²) in [4.78, 5) is 25.2. The molecule has 0 aromatic heterocycles. The molecule has 2 atom stereocenters. The lowest BCUT2D eigenvalue weighted by molar-refractivity contribution is -0.385.